The van der Waals surface area contributed by atoms with Gasteiger partial charge in [0.15, 0.2) is 0 Å². The van der Waals surface area contributed by atoms with Crippen LogP contribution >= 0.6 is 0 Å². The van der Waals surface area contributed by atoms with E-state index in [1.807, 2.05) is 6.07 Å². The standard InChI is InChI=1S/C23H22FN5O6/c1-35-22(34)27-16-8-13(11-25)2-3-15(16)17-10-19(30)29-12-14(9-18(29)26-17)20(31)28-6-4-23(24,5-7-28)21(32)33/h2-3,8,10,14H,4-7,9,12H2,1H3,(H,27,34)(H,32,33). The average molecular weight is 483 g/mol. The van der Waals surface area contributed by atoms with Gasteiger partial charge in [-0.1, -0.05) is 0 Å². The summed E-state index contributed by atoms with van der Waals surface area (Å²) in [5.41, 5.74) is -1.55. The molecule has 2 N–H and O–H groups in total. The molecule has 1 aromatic heterocycles. The number of methoxy groups -OCH3 is 1. The quantitative estimate of drug-likeness (QED) is 0.664. The first-order valence-corrected chi connectivity index (χ1v) is 10.9. The molecule has 11 nitrogen and oxygen atoms in total. The number of aromatic nitrogens is 2. The number of carbonyl (C=O) groups is 3. The molecule has 0 saturated carbocycles. The molecule has 2 aliphatic rings. The van der Waals surface area contributed by atoms with Crippen molar-refractivity contribution in [3.63, 3.8) is 0 Å². The Bertz CT molecular complexity index is 1310. The highest BCUT2D eigenvalue weighted by Gasteiger charge is 2.44. The SMILES string of the molecule is COC(=O)Nc1cc(C#N)ccc1-c1cc(=O)n2c(n1)CC(C(=O)N1CCC(F)(C(=O)O)CC1)C2. The monoisotopic (exact) mass is 483 g/mol. The molecule has 1 saturated heterocycles. The zero-order chi connectivity index (χ0) is 25.3. The first-order chi connectivity index (χ1) is 16.6. The summed E-state index contributed by atoms with van der Waals surface area (Å²) in [5.74, 6) is -2.02. The third-order valence-corrected chi connectivity index (χ3v) is 6.37. The molecule has 2 aromatic rings. The number of carboxylic acid groups (broad SMARTS) is 1. The van der Waals surface area contributed by atoms with Crippen LogP contribution in [0.4, 0.5) is 14.9 Å². The number of nitrogens with one attached hydrogen (secondary N) is 1. The lowest BCUT2D eigenvalue weighted by Gasteiger charge is -2.34. The van der Waals surface area contributed by atoms with E-state index in [2.05, 4.69) is 15.0 Å². The van der Waals surface area contributed by atoms with Gasteiger partial charge < -0.3 is 14.7 Å². The van der Waals surface area contributed by atoms with Crippen molar-refractivity contribution in [3.05, 3.63) is 46.0 Å². The summed E-state index contributed by atoms with van der Waals surface area (Å²) in [7, 11) is 1.19. The number of hydrogen-bond acceptors (Lipinski definition) is 7. The molecule has 1 unspecified atom stereocenters. The fraction of sp³-hybridized carbons (Fsp3) is 0.391. The number of carbonyl (C=O) groups excluding carboxylic acids is 2. The number of nitriles is 1. The van der Waals surface area contributed by atoms with Crippen molar-refractivity contribution in [3.8, 4) is 17.3 Å². The number of anilines is 1. The molecule has 0 aliphatic carbocycles. The van der Waals surface area contributed by atoms with Gasteiger partial charge in [0.05, 0.1) is 36.0 Å². The molecule has 0 bridgehead atoms. The lowest BCUT2D eigenvalue weighted by molar-refractivity contribution is -0.157. The number of ether oxygens (including phenoxy) is 1. The molecule has 0 spiro atoms. The highest BCUT2D eigenvalue weighted by atomic mass is 19.1. The van der Waals surface area contributed by atoms with Crippen LogP contribution in [-0.2, 0) is 27.3 Å². The maximum atomic E-state index is 14.3. The zero-order valence-corrected chi connectivity index (χ0v) is 18.8. The Morgan fingerprint density at radius 2 is 2.00 bits per heavy atom. The zero-order valence-electron chi connectivity index (χ0n) is 18.8. The molecule has 0 radical (unpaired) electrons. The predicted octanol–water partition coefficient (Wildman–Crippen LogP) is 1.55. The molecule has 3 heterocycles. The highest BCUT2D eigenvalue weighted by Crippen LogP contribution is 2.31. The molecule has 2 aliphatic heterocycles. The number of aliphatic carboxylic acids is 1. The first-order valence-electron chi connectivity index (χ1n) is 10.9. The van der Waals surface area contributed by atoms with Crippen molar-refractivity contribution < 1.29 is 28.6 Å². The molecule has 12 heteroatoms. The molecular weight excluding hydrogens is 461 g/mol. The van der Waals surface area contributed by atoms with Crippen molar-refractivity contribution in [2.24, 2.45) is 5.92 Å². The molecule has 35 heavy (non-hydrogen) atoms. The van der Waals surface area contributed by atoms with E-state index in [9.17, 15) is 28.8 Å². The molecule has 182 valence electrons. The number of amides is 2. The second-order valence-electron chi connectivity index (χ2n) is 8.49. The number of carboxylic acids is 1. The van der Waals surface area contributed by atoms with Crippen molar-refractivity contribution in [1.82, 2.24) is 14.5 Å². The summed E-state index contributed by atoms with van der Waals surface area (Å²) in [4.78, 5) is 54.7. The topological polar surface area (TPSA) is 155 Å². The number of benzene rings is 1. The van der Waals surface area contributed by atoms with Crippen molar-refractivity contribution >= 4 is 23.7 Å². The molecule has 1 atom stereocenters. The fourth-order valence-electron chi connectivity index (χ4n) is 4.37. The van der Waals surface area contributed by atoms with Gasteiger partial charge in [-0.15, -0.1) is 0 Å². The van der Waals surface area contributed by atoms with Crippen LogP contribution in [0, 0.1) is 17.2 Å². The largest absolute Gasteiger partial charge is 0.479 e. The first kappa shape index (κ1) is 23.9. The van der Waals surface area contributed by atoms with Gasteiger partial charge in [0.1, 0.15) is 5.82 Å². The van der Waals surface area contributed by atoms with E-state index in [1.54, 1.807) is 6.07 Å². The second-order valence-corrected chi connectivity index (χ2v) is 8.49. The minimum Gasteiger partial charge on any atom is -0.479 e. The van der Waals surface area contributed by atoms with Crippen LogP contribution in [0.15, 0.2) is 29.1 Å². The van der Waals surface area contributed by atoms with Gasteiger partial charge in [0, 0.05) is 50.5 Å². The maximum Gasteiger partial charge on any atom is 0.411 e. The number of piperidine rings is 1. The number of rotatable bonds is 4. The smallest absolute Gasteiger partial charge is 0.411 e. The molecule has 2 amide bonds. The van der Waals surface area contributed by atoms with Gasteiger partial charge in [-0.2, -0.15) is 5.26 Å². The Morgan fingerprint density at radius 3 is 2.63 bits per heavy atom. The number of hydrogen-bond donors (Lipinski definition) is 2. The lowest BCUT2D eigenvalue weighted by Crippen LogP contribution is -2.50. The third-order valence-electron chi connectivity index (χ3n) is 6.37. The maximum absolute atomic E-state index is 14.3. The third kappa shape index (κ3) is 4.57. The molecular formula is C23H22FN5O6. The van der Waals surface area contributed by atoms with E-state index in [1.165, 1.54) is 34.8 Å². The Kier molecular flexibility index (Phi) is 6.26. The van der Waals surface area contributed by atoms with Gasteiger partial charge in [0.2, 0.25) is 11.6 Å². The van der Waals surface area contributed by atoms with Crippen LogP contribution in [0.1, 0.15) is 24.2 Å². The van der Waals surface area contributed by atoms with Crippen LogP contribution < -0.4 is 10.9 Å². The number of likely N-dealkylation sites (tertiary alicyclic amines) is 1. The van der Waals surface area contributed by atoms with Crippen LogP contribution in [0.2, 0.25) is 0 Å². The Hall–Kier alpha value is -4.27. The molecule has 1 fully saturated rings. The highest BCUT2D eigenvalue weighted by molar-refractivity contribution is 5.91. The lowest BCUT2D eigenvalue weighted by atomic mass is 9.92. The van der Waals surface area contributed by atoms with Crippen LogP contribution in [0.3, 0.4) is 0 Å². The average Bonchev–Trinajstić information content (AvgIpc) is 3.28. The normalized spacial score (nSPS) is 18.3. The number of nitrogens with zero attached hydrogens (tertiary/aromatic N) is 4. The molecule has 4 rings (SSSR count). The van der Waals surface area contributed by atoms with Crippen LogP contribution in [0.25, 0.3) is 11.3 Å². The summed E-state index contributed by atoms with van der Waals surface area (Å²) in [5, 5.41) is 20.7. The van der Waals surface area contributed by atoms with Crippen molar-refractivity contribution in [2.75, 3.05) is 25.5 Å². The van der Waals surface area contributed by atoms with E-state index < -0.39 is 23.6 Å². The minimum absolute atomic E-state index is 0.0180. The number of halogens is 1. The van der Waals surface area contributed by atoms with Gasteiger partial charge in [-0.25, -0.2) is 19.0 Å². The van der Waals surface area contributed by atoms with Crippen LogP contribution in [0.5, 0.6) is 0 Å². The second kappa shape index (κ2) is 9.17. The minimum atomic E-state index is -2.33. The van der Waals surface area contributed by atoms with Gasteiger partial charge >= 0.3 is 12.1 Å². The van der Waals surface area contributed by atoms with E-state index in [-0.39, 0.29) is 67.3 Å². The van der Waals surface area contributed by atoms with Gasteiger partial charge in [0.25, 0.3) is 5.56 Å². The Labute approximate surface area is 198 Å². The van der Waals surface area contributed by atoms with E-state index in [4.69, 9.17) is 5.11 Å². The van der Waals surface area contributed by atoms with E-state index in [0.717, 1.165) is 0 Å². The summed E-state index contributed by atoms with van der Waals surface area (Å²) in [6.45, 7) is 0.0722. The van der Waals surface area contributed by atoms with E-state index >= 15 is 0 Å². The predicted molar refractivity (Wildman–Crippen MR) is 119 cm³/mol. The van der Waals surface area contributed by atoms with Crippen molar-refractivity contribution in [2.45, 2.75) is 31.5 Å². The van der Waals surface area contributed by atoms with Crippen molar-refractivity contribution in [1.29, 1.82) is 5.26 Å². The Morgan fingerprint density at radius 1 is 1.29 bits per heavy atom. The number of fused-ring (bicyclic) bond motifs is 1. The fourth-order valence-corrected chi connectivity index (χ4v) is 4.37. The van der Waals surface area contributed by atoms with Crippen LogP contribution in [-0.4, -0.2) is 63.4 Å². The summed E-state index contributed by atoms with van der Waals surface area (Å²) >= 11 is 0. The summed E-state index contributed by atoms with van der Waals surface area (Å²) in [6, 6.07) is 7.77. The summed E-state index contributed by atoms with van der Waals surface area (Å²) in [6.07, 6.45) is -1.16. The molecule has 1 aromatic carbocycles. The summed E-state index contributed by atoms with van der Waals surface area (Å²) < 4.78 is 20.3. The van der Waals surface area contributed by atoms with Gasteiger partial charge in [-0.05, 0) is 18.2 Å². The number of alkyl halides is 1. The Balaban J connectivity index is 1.57. The van der Waals surface area contributed by atoms with Gasteiger partial charge in [-0.3, -0.25) is 19.5 Å². The van der Waals surface area contributed by atoms with E-state index in [0.29, 0.717) is 11.4 Å².